The summed E-state index contributed by atoms with van der Waals surface area (Å²) in [5.41, 5.74) is 0. The average Bonchev–Trinajstić information content (AvgIpc) is 2.67. The molecule has 0 saturated heterocycles. The summed E-state index contributed by atoms with van der Waals surface area (Å²) in [7, 11) is 0. The summed E-state index contributed by atoms with van der Waals surface area (Å²) in [5, 5.41) is 3.72. The molecule has 0 bridgehead atoms. The van der Waals surface area contributed by atoms with Crippen molar-refractivity contribution in [1.29, 1.82) is 0 Å². The van der Waals surface area contributed by atoms with Gasteiger partial charge in [0.25, 0.3) is 0 Å². The first-order chi connectivity index (χ1) is 6.84. The minimum atomic E-state index is 0.446. The van der Waals surface area contributed by atoms with Crippen LogP contribution in [0.1, 0.15) is 25.7 Å². The topological polar surface area (TPSA) is 37.8 Å². The number of anilines is 1. The third-order valence-corrected chi connectivity index (χ3v) is 2.83. The summed E-state index contributed by atoms with van der Waals surface area (Å²) in [5.74, 6) is 1.58. The lowest BCUT2D eigenvalue weighted by atomic mass is 10.1. The lowest BCUT2D eigenvalue weighted by molar-refractivity contribution is 0.579. The number of hydrogen-bond donors (Lipinski definition) is 1. The van der Waals surface area contributed by atoms with Crippen molar-refractivity contribution < 1.29 is 0 Å². The van der Waals surface area contributed by atoms with Crippen molar-refractivity contribution >= 4 is 17.4 Å². The van der Waals surface area contributed by atoms with E-state index >= 15 is 0 Å². The van der Waals surface area contributed by atoms with Crippen molar-refractivity contribution in [2.45, 2.75) is 25.7 Å². The summed E-state index contributed by atoms with van der Waals surface area (Å²) in [6.45, 7) is 0.995. The highest BCUT2D eigenvalue weighted by atomic mass is 35.5. The van der Waals surface area contributed by atoms with E-state index in [4.69, 9.17) is 11.6 Å². The average molecular weight is 212 g/mol. The van der Waals surface area contributed by atoms with Gasteiger partial charge in [0.05, 0.1) is 12.4 Å². The fourth-order valence-electron chi connectivity index (χ4n) is 1.89. The van der Waals surface area contributed by atoms with Gasteiger partial charge in [0.1, 0.15) is 11.0 Å². The first-order valence-corrected chi connectivity index (χ1v) is 5.44. The van der Waals surface area contributed by atoms with Gasteiger partial charge in [-0.2, -0.15) is 0 Å². The molecule has 2 rings (SSSR count). The number of nitrogens with zero attached hydrogens (tertiary/aromatic N) is 2. The van der Waals surface area contributed by atoms with Gasteiger partial charge >= 0.3 is 0 Å². The van der Waals surface area contributed by atoms with Gasteiger partial charge in [0.2, 0.25) is 0 Å². The Morgan fingerprint density at radius 1 is 1.36 bits per heavy atom. The van der Waals surface area contributed by atoms with E-state index in [1.165, 1.54) is 25.7 Å². The van der Waals surface area contributed by atoms with Gasteiger partial charge in [0.15, 0.2) is 0 Å². The second-order valence-corrected chi connectivity index (χ2v) is 4.15. The van der Waals surface area contributed by atoms with E-state index < -0.39 is 0 Å². The molecule has 1 saturated carbocycles. The fourth-order valence-corrected chi connectivity index (χ4v) is 2.04. The van der Waals surface area contributed by atoms with Crippen molar-refractivity contribution in [2.75, 3.05) is 11.9 Å². The highest BCUT2D eigenvalue weighted by molar-refractivity contribution is 6.29. The summed E-state index contributed by atoms with van der Waals surface area (Å²) in [4.78, 5) is 8.10. The lowest BCUT2D eigenvalue weighted by Gasteiger charge is -2.10. The van der Waals surface area contributed by atoms with Crippen LogP contribution < -0.4 is 5.32 Å². The van der Waals surface area contributed by atoms with E-state index in [0.29, 0.717) is 5.15 Å². The maximum atomic E-state index is 5.73. The summed E-state index contributed by atoms with van der Waals surface area (Å²) >= 11 is 5.73. The Bertz CT molecular complexity index is 297. The van der Waals surface area contributed by atoms with Gasteiger partial charge in [-0.15, -0.1) is 0 Å². The second kappa shape index (κ2) is 4.60. The Hall–Kier alpha value is -0.830. The Morgan fingerprint density at radius 3 is 2.86 bits per heavy atom. The highest BCUT2D eigenvalue weighted by Crippen LogP contribution is 2.24. The quantitative estimate of drug-likeness (QED) is 0.836. The van der Waals surface area contributed by atoms with Crippen molar-refractivity contribution in [3.8, 4) is 0 Å². The van der Waals surface area contributed by atoms with Crippen LogP contribution in [0, 0.1) is 5.92 Å². The van der Waals surface area contributed by atoms with Crippen LogP contribution in [0.5, 0.6) is 0 Å². The van der Waals surface area contributed by atoms with Crippen LogP contribution in [0.2, 0.25) is 5.15 Å². The maximum Gasteiger partial charge on any atom is 0.149 e. The largest absolute Gasteiger partial charge is 0.368 e. The Balaban J connectivity index is 1.85. The van der Waals surface area contributed by atoms with Gasteiger partial charge in [-0.25, -0.2) is 4.98 Å². The molecular weight excluding hydrogens is 198 g/mol. The van der Waals surface area contributed by atoms with E-state index in [1.807, 2.05) is 0 Å². The van der Waals surface area contributed by atoms with Crippen LogP contribution in [0.15, 0.2) is 12.4 Å². The smallest absolute Gasteiger partial charge is 0.149 e. The molecule has 4 heteroatoms. The standard InChI is InChI=1S/C10H14ClN3/c11-9-6-12-7-10(14-9)13-5-8-3-1-2-4-8/h6-8H,1-5H2,(H,13,14). The third-order valence-electron chi connectivity index (χ3n) is 2.65. The zero-order valence-corrected chi connectivity index (χ0v) is 8.80. The number of hydrogen-bond acceptors (Lipinski definition) is 3. The van der Waals surface area contributed by atoms with Gasteiger partial charge in [-0.05, 0) is 18.8 Å². The minimum absolute atomic E-state index is 0.446. The molecule has 1 fully saturated rings. The highest BCUT2D eigenvalue weighted by Gasteiger charge is 2.14. The predicted molar refractivity (Wildman–Crippen MR) is 57.5 cm³/mol. The SMILES string of the molecule is Clc1cncc(NCC2CCCC2)n1. The molecule has 0 radical (unpaired) electrons. The molecule has 0 aliphatic heterocycles. The summed E-state index contributed by atoms with van der Waals surface area (Å²) < 4.78 is 0. The molecule has 14 heavy (non-hydrogen) atoms. The molecule has 1 N–H and O–H groups in total. The number of nitrogens with one attached hydrogen (secondary N) is 1. The predicted octanol–water partition coefficient (Wildman–Crippen LogP) is 2.73. The van der Waals surface area contributed by atoms with Crippen LogP contribution >= 0.6 is 11.6 Å². The zero-order chi connectivity index (χ0) is 9.80. The van der Waals surface area contributed by atoms with E-state index in [-0.39, 0.29) is 0 Å². The number of rotatable bonds is 3. The van der Waals surface area contributed by atoms with Crippen LogP contribution in [0.3, 0.4) is 0 Å². The molecular formula is C10H14ClN3. The molecule has 1 aliphatic carbocycles. The van der Waals surface area contributed by atoms with E-state index in [2.05, 4.69) is 15.3 Å². The fraction of sp³-hybridized carbons (Fsp3) is 0.600. The van der Waals surface area contributed by atoms with Crippen LogP contribution in [0.4, 0.5) is 5.82 Å². The molecule has 0 amide bonds. The molecule has 1 aromatic heterocycles. The number of halogens is 1. The summed E-state index contributed by atoms with van der Waals surface area (Å²) in [6.07, 6.45) is 8.66. The number of aromatic nitrogens is 2. The first-order valence-electron chi connectivity index (χ1n) is 5.06. The van der Waals surface area contributed by atoms with Gasteiger partial charge in [-0.3, -0.25) is 4.98 Å². The molecule has 0 spiro atoms. The van der Waals surface area contributed by atoms with Gasteiger partial charge in [0, 0.05) is 6.54 Å². The second-order valence-electron chi connectivity index (χ2n) is 3.76. The summed E-state index contributed by atoms with van der Waals surface area (Å²) in [6, 6.07) is 0. The minimum Gasteiger partial charge on any atom is -0.368 e. The Morgan fingerprint density at radius 2 is 2.14 bits per heavy atom. The van der Waals surface area contributed by atoms with E-state index in [9.17, 15) is 0 Å². The van der Waals surface area contributed by atoms with Crippen LogP contribution in [-0.4, -0.2) is 16.5 Å². The van der Waals surface area contributed by atoms with Crippen LogP contribution in [0.25, 0.3) is 0 Å². The molecule has 76 valence electrons. The normalized spacial score (nSPS) is 17.2. The molecule has 0 aromatic carbocycles. The van der Waals surface area contributed by atoms with Crippen molar-refractivity contribution in [3.63, 3.8) is 0 Å². The van der Waals surface area contributed by atoms with Crippen LogP contribution in [-0.2, 0) is 0 Å². The third kappa shape index (κ3) is 2.58. The monoisotopic (exact) mass is 211 g/mol. The Labute approximate surface area is 88.9 Å². The molecule has 0 unspecified atom stereocenters. The van der Waals surface area contributed by atoms with Gasteiger partial charge in [-0.1, -0.05) is 24.4 Å². The van der Waals surface area contributed by atoms with Crippen molar-refractivity contribution in [1.82, 2.24) is 9.97 Å². The first kappa shape index (κ1) is 9.71. The van der Waals surface area contributed by atoms with Gasteiger partial charge < -0.3 is 5.32 Å². The molecule has 1 aliphatic rings. The van der Waals surface area contributed by atoms with E-state index in [1.54, 1.807) is 12.4 Å². The zero-order valence-electron chi connectivity index (χ0n) is 8.04. The Kier molecular flexibility index (Phi) is 3.19. The van der Waals surface area contributed by atoms with Crippen molar-refractivity contribution in [2.24, 2.45) is 5.92 Å². The van der Waals surface area contributed by atoms with E-state index in [0.717, 1.165) is 18.3 Å². The van der Waals surface area contributed by atoms with Crippen molar-refractivity contribution in [3.05, 3.63) is 17.5 Å². The molecule has 1 heterocycles. The lowest BCUT2D eigenvalue weighted by Crippen LogP contribution is -2.11. The maximum absolute atomic E-state index is 5.73. The molecule has 3 nitrogen and oxygen atoms in total. The molecule has 1 aromatic rings. The molecule has 0 atom stereocenters.